The van der Waals surface area contributed by atoms with Crippen molar-refractivity contribution in [2.45, 2.75) is 20.4 Å². The number of hydrogen-bond donors (Lipinski definition) is 1. The van der Waals surface area contributed by atoms with Crippen molar-refractivity contribution in [3.8, 4) is 0 Å². The third-order valence-electron chi connectivity index (χ3n) is 3.11. The normalized spacial score (nSPS) is 10.4. The van der Waals surface area contributed by atoms with Gasteiger partial charge >= 0.3 is 0 Å². The maximum absolute atomic E-state index is 12.3. The van der Waals surface area contributed by atoms with E-state index >= 15 is 0 Å². The molecule has 1 N–H and O–H groups in total. The third kappa shape index (κ3) is 3.30. The Labute approximate surface area is 130 Å². The SMILES string of the molecule is CCn1cc([N+](=O)[O-])cc1C(=O)Nc1cc(Br)ccc1C. The zero-order chi connectivity index (χ0) is 15.6. The van der Waals surface area contributed by atoms with Gasteiger partial charge in [-0.1, -0.05) is 22.0 Å². The van der Waals surface area contributed by atoms with E-state index in [1.807, 2.05) is 26.0 Å². The fourth-order valence-corrected chi connectivity index (χ4v) is 2.32. The minimum absolute atomic E-state index is 0.0898. The second-order valence-corrected chi connectivity index (χ2v) is 5.46. The Balaban J connectivity index is 2.32. The monoisotopic (exact) mass is 351 g/mol. The van der Waals surface area contributed by atoms with Crippen LogP contribution in [0.4, 0.5) is 11.4 Å². The molecule has 2 rings (SSSR count). The first-order valence-electron chi connectivity index (χ1n) is 6.34. The number of halogens is 1. The van der Waals surface area contributed by atoms with Gasteiger partial charge in [-0.05, 0) is 31.5 Å². The molecule has 0 atom stereocenters. The summed E-state index contributed by atoms with van der Waals surface area (Å²) in [5.41, 5.74) is 1.76. The highest BCUT2D eigenvalue weighted by Gasteiger charge is 2.19. The van der Waals surface area contributed by atoms with E-state index in [9.17, 15) is 14.9 Å². The minimum atomic E-state index is -0.507. The van der Waals surface area contributed by atoms with Crippen LogP contribution in [-0.4, -0.2) is 15.4 Å². The average Bonchev–Trinajstić information content (AvgIpc) is 2.87. The van der Waals surface area contributed by atoms with Crippen molar-refractivity contribution < 1.29 is 9.72 Å². The summed E-state index contributed by atoms with van der Waals surface area (Å²) < 4.78 is 2.40. The molecule has 0 spiro atoms. The topological polar surface area (TPSA) is 77.2 Å². The van der Waals surface area contributed by atoms with Gasteiger partial charge in [-0.25, -0.2) is 0 Å². The van der Waals surface area contributed by atoms with Gasteiger partial charge in [-0.3, -0.25) is 14.9 Å². The average molecular weight is 352 g/mol. The van der Waals surface area contributed by atoms with E-state index in [4.69, 9.17) is 0 Å². The molecule has 0 saturated heterocycles. The lowest BCUT2D eigenvalue weighted by Gasteiger charge is -2.10. The van der Waals surface area contributed by atoms with Crippen LogP contribution >= 0.6 is 15.9 Å². The number of benzene rings is 1. The minimum Gasteiger partial charge on any atom is -0.337 e. The van der Waals surface area contributed by atoms with Crippen LogP contribution in [0.3, 0.4) is 0 Å². The third-order valence-corrected chi connectivity index (χ3v) is 3.61. The number of anilines is 1. The van der Waals surface area contributed by atoms with Crippen molar-refractivity contribution in [3.63, 3.8) is 0 Å². The fourth-order valence-electron chi connectivity index (χ4n) is 1.96. The molecule has 0 aliphatic carbocycles. The second kappa shape index (κ2) is 6.09. The number of nitro groups is 1. The van der Waals surface area contributed by atoms with Crippen LogP contribution in [-0.2, 0) is 6.54 Å². The first kappa shape index (κ1) is 15.2. The van der Waals surface area contributed by atoms with Gasteiger partial charge in [-0.15, -0.1) is 0 Å². The molecule has 2 aromatic rings. The predicted octanol–water partition coefficient (Wildman–Crippen LogP) is 3.74. The smallest absolute Gasteiger partial charge is 0.287 e. The lowest BCUT2D eigenvalue weighted by atomic mass is 10.2. The van der Waals surface area contributed by atoms with Crippen molar-refractivity contribution in [2.24, 2.45) is 0 Å². The van der Waals surface area contributed by atoms with E-state index in [2.05, 4.69) is 21.2 Å². The summed E-state index contributed by atoms with van der Waals surface area (Å²) in [6.07, 6.45) is 1.36. The Morgan fingerprint density at radius 3 is 2.76 bits per heavy atom. The Morgan fingerprint density at radius 2 is 2.14 bits per heavy atom. The molecule has 21 heavy (non-hydrogen) atoms. The highest BCUT2D eigenvalue weighted by atomic mass is 79.9. The van der Waals surface area contributed by atoms with E-state index in [1.165, 1.54) is 12.3 Å². The first-order valence-corrected chi connectivity index (χ1v) is 7.13. The Hall–Kier alpha value is -2.15. The van der Waals surface area contributed by atoms with Gasteiger partial charge < -0.3 is 9.88 Å². The van der Waals surface area contributed by atoms with E-state index in [-0.39, 0.29) is 17.3 Å². The van der Waals surface area contributed by atoms with Crippen molar-refractivity contribution in [2.75, 3.05) is 5.32 Å². The molecule has 6 nitrogen and oxygen atoms in total. The van der Waals surface area contributed by atoms with Gasteiger partial charge in [0, 0.05) is 22.8 Å². The van der Waals surface area contributed by atoms with Gasteiger partial charge in [0.25, 0.3) is 11.6 Å². The quantitative estimate of drug-likeness (QED) is 0.673. The van der Waals surface area contributed by atoms with Crippen molar-refractivity contribution in [1.82, 2.24) is 4.57 Å². The molecule has 110 valence electrons. The van der Waals surface area contributed by atoms with Crippen LogP contribution in [0, 0.1) is 17.0 Å². The summed E-state index contributed by atoms with van der Waals surface area (Å²) in [4.78, 5) is 22.6. The standard InChI is InChI=1S/C14H14BrN3O3/c1-3-17-8-11(18(20)21)7-13(17)14(19)16-12-6-10(15)5-4-9(12)2/h4-8H,3H2,1-2H3,(H,16,19). The maximum atomic E-state index is 12.3. The summed E-state index contributed by atoms with van der Waals surface area (Å²) in [6.45, 7) is 4.18. The maximum Gasteiger partial charge on any atom is 0.287 e. The highest BCUT2D eigenvalue weighted by Crippen LogP contribution is 2.22. The zero-order valence-corrected chi connectivity index (χ0v) is 13.2. The lowest BCUT2D eigenvalue weighted by molar-refractivity contribution is -0.384. The summed E-state index contributed by atoms with van der Waals surface area (Å²) in [5.74, 6) is -0.369. The van der Waals surface area contributed by atoms with Gasteiger partial charge in [0.05, 0.1) is 11.1 Å². The van der Waals surface area contributed by atoms with Crippen LogP contribution in [0.15, 0.2) is 34.9 Å². The molecule has 7 heteroatoms. The number of nitrogens with one attached hydrogen (secondary N) is 1. The van der Waals surface area contributed by atoms with Crippen molar-refractivity contribution >= 4 is 33.2 Å². The Bertz CT molecular complexity index is 709. The van der Waals surface area contributed by atoms with E-state index in [1.54, 1.807) is 10.6 Å². The number of aryl methyl sites for hydroxylation is 2. The van der Waals surface area contributed by atoms with Crippen LogP contribution in [0.25, 0.3) is 0 Å². The molecular weight excluding hydrogens is 338 g/mol. The van der Waals surface area contributed by atoms with Gasteiger partial charge in [-0.2, -0.15) is 0 Å². The number of aromatic nitrogens is 1. The van der Waals surface area contributed by atoms with Gasteiger partial charge in [0.2, 0.25) is 0 Å². The largest absolute Gasteiger partial charge is 0.337 e. The van der Waals surface area contributed by atoms with Crippen LogP contribution in [0.5, 0.6) is 0 Å². The summed E-state index contributed by atoms with van der Waals surface area (Å²) in [7, 11) is 0. The summed E-state index contributed by atoms with van der Waals surface area (Å²) in [6, 6.07) is 6.83. The van der Waals surface area contributed by atoms with Gasteiger partial charge in [0.1, 0.15) is 5.69 Å². The molecule has 1 heterocycles. The first-order chi connectivity index (χ1) is 9.92. The lowest BCUT2D eigenvalue weighted by Crippen LogP contribution is -2.17. The highest BCUT2D eigenvalue weighted by molar-refractivity contribution is 9.10. The Kier molecular flexibility index (Phi) is 4.42. The summed E-state index contributed by atoms with van der Waals surface area (Å²) in [5, 5.41) is 13.6. The number of rotatable bonds is 4. The number of carbonyl (C=O) groups is 1. The van der Waals surface area contributed by atoms with Crippen LogP contribution in [0.2, 0.25) is 0 Å². The predicted molar refractivity (Wildman–Crippen MR) is 83.6 cm³/mol. The molecular formula is C14H14BrN3O3. The molecule has 0 unspecified atom stereocenters. The van der Waals surface area contributed by atoms with Crippen LogP contribution < -0.4 is 5.32 Å². The fraction of sp³-hybridized carbons (Fsp3) is 0.214. The number of hydrogen-bond acceptors (Lipinski definition) is 3. The van der Waals surface area contributed by atoms with Gasteiger partial charge in [0.15, 0.2) is 0 Å². The molecule has 0 aliphatic rings. The molecule has 0 saturated carbocycles. The van der Waals surface area contributed by atoms with Crippen molar-refractivity contribution in [3.05, 3.63) is 56.3 Å². The molecule has 1 aromatic heterocycles. The summed E-state index contributed by atoms with van der Waals surface area (Å²) >= 11 is 3.35. The molecule has 1 aromatic carbocycles. The van der Waals surface area contributed by atoms with E-state index in [0.29, 0.717) is 12.2 Å². The van der Waals surface area contributed by atoms with E-state index in [0.717, 1.165) is 10.0 Å². The van der Waals surface area contributed by atoms with E-state index < -0.39 is 4.92 Å². The Morgan fingerprint density at radius 1 is 1.43 bits per heavy atom. The molecule has 0 fully saturated rings. The zero-order valence-electron chi connectivity index (χ0n) is 11.6. The number of nitrogens with zero attached hydrogens (tertiary/aromatic N) is 2. The molecule has 1 amide bonds. The molecule has 0 aliphatic heterocycles. The number of carbonyl (C=O) groups excluding carboxylic acids is 1. The van der Waals surface area contributed by atoms with Crippen LogP contribution in [0.1, 0.15) is 23.0 Å². The van der Waals surface area contributed by atoms with Crippen molar-refractivity contribution in [1.29, 1.82) is 0 Å². The second-order valence-electron chi connectivity index (χ2n) is 4.54. The molecule has 0 radical (unpaired) electrons. The number of amides is 1. The molecule has 0 bridgehead atoms.